The number of carbonyl (C=O) groups is 1. The van der Waals surface area contributed by atoms with Gasteiger partial charge in [0.25, 0.3) is 5.91 Å². The lowest BCUT2D eigenvalue weighted by molar-refractivity contribution is -0.202. The van der Waals surface area contributed by atoms with E-state index in [1.54, 1.807) is 24.3 Å². The van der Waals surface area contributed by atoms with Crippen molar-refractivity contribution in [3.63, 3.8) is 0 Å². The SMILES string of the molecule is O=C(NOC1CCCCO1)C1(S(=O)(=O)c2ccc(-c3ccc(CCCC(F)(F)F)cc3)cc2)CCN(C2CC2)CC1. The Morgan fingerprint density at radius 1 is 0.976 bits per heavy atom. The molecule has 2 heterocycles. The lowest BCUT2D eigenvalue weighted by Crippen LogP contribution is -2.58. The monoisotopic (exact) mass is 594 g/mol. The summed E-state index contributed by atoms with van der Waals surface area (Å²) in [5, 5.41) is 0. The number of piperidine rings is 1. The van der Waals surface area contributed by atoms with Gasteiger partial charge in [-0.2, -0.15) is 13.2 Å². The molecule has 224 valence electrons. The summed E-state index contributed by atoms with van der Waals surface area (Å²) >= 11 is 0. The zero-order valence-electron chi connectivity index (χ0n) is 23.0. The van der Waals surface area contributed by atoms with E-state index in [0.717, 1.165) is 42.4 Å². The van der Waals surface area contributed by atoms with Crippen molar-refractivity contribution in [3.05, 3.63) is 54.1 Å². The maximum absolute atomic E-state index is 14.1. The number of amides is 1. The Morgan fingerprint density at radius 2 is 1.61 bits per heavy atom. The fourth-order valence-electron chi connectivity index (χ4n) is 5.73. The highest BCUT2D eigenvalue weighted by molar-refractivity contribution is 7.93. The molecule has 2 aliphatic heterocycles. The Hall–Kier alpha value is -2.47. The normalized spacial score (nSPS) is 21.9. The van der Waals surface area contributed by atoms with E-state index < -0.39 is 39.4 Å². The molecule has 1 amide bonds. The number of likely N-dealkylation sites (tertiary alicyclic amines) is 1. The number of hydroxylamine groups is 1. The summed E-state index contributed by atoms with van der Waals surface area (Å²) in [5.74, 6) is -0.660. The Kier molecular flexibility index (Phi) is 9.08. The highest BCUT2D eigenvalue weighted by atomic mass is 32.2. The minimum Gasteiger partial charge on any atom is -0.350 e. The van der Waals surface area contributed by atoms with Gasteiger partial charge in [-0.05, 0) is 80.2 Å². The summed E-state index contributed by atoms with van der Waals surface area (Å²) in [7, 11) is -4.08. The Bertz CT molecular complexity index is 1280. The number of benzene rings is 2. The van der Waals surface area contributed by atoms with Crippen LogP contribution in [0.25, 0.3) is 11.1 Å². The summed E-state index contributed by atoms with van der Waals surface area (Å²) < 4.78 is 69.4. The molecule has 1 atom stereocenters. The highest BCUT2D eigenvalue weighted by Gasteiger charge is 2.54. The molecule has 2 aromatic rings. The van der Waals surface area contributed by atoms with Crippen LogP contribution in [0.4, 0.5) is 13.2 Å². The van der Waals surface area contributed by atoms with Gasteiger partial charge in [-0.3, -0.25) is 4.79 Å². The number of alkyl halides is 3. The van der Waals surface area contributed by atoms with Gasteiger partial charge in [0.1, 0.15) is 0 Å². The summed E-state index contributed by atoms with van der Waals surface area (Å²) in [6, 6.07) is 14.1. The van der Waals surface area contributed by atoms with Crippen molar-refractivity contribution in [2.75, 3.05) is 19.7 Å². The van der Waals surface area contributed by atoms with Crippen molar-refractivity contribution < 1.29 is 36.0 Å². The van der Waals surface area contributed by atoms with Gasteiger partial charge in [0, 0.05) is 38.6 Å². The number of halogens is 3. The van der Waals surface area contributed by atoms with E-state index in [0.29, 0.717) is 38.6 Å². The molecule has 2 aromatic carbocycles. The average molecular weight is 595 g/mol. The van der Waals surface area contributed by atoms with Crippen LogP contribution in [0, 0.1) is 0 Å². The molecule has 0 aromatic heterocycles. The number of hydrogen-bond acceptors (Lipinski definition) is 6. The number of aryl methyl sites for hydroxylation is 1. The van der Waals surface area contributed by atoms with Gasteiger partial charge < -0.3 is 9.64 Å². The van der Waals surface area contributed by atoms with Crippen molar-refractivity contribution in [2.45, 2.75) is 92.4 Å². The quantitative estimate of drug-likeness (QED) is 0.362. The topological polar surface area (TPSA) is 84.9 Å². The first-order chi connectivity index (χ1) is 19.6. The second kappa shape index (κ2) is 12.4. The van der Waals surface area contributed by atoms with Crippen molar-refractivity contribution in [1.82, 2.24) is 10.4 Å². The predicted octanol–water partition coefficient (Wildman–Crippen LogP) is 5.58. The molecule has 1 N–H and O–H groups in total. The Morgan fingerprint density at radius 3 is 2.17 bits per heavy atom. The van der Waals surface area contributed by atoms with Crippen LogP contribution in [0.2, 0.25) is 0 Å². The first kappa shape index (κ1) is 30.0. The van der Waals surface area contributed by atoms with E-state index >= 15 is 0 Å². The largest absolute Gasteiger partial charge is 0.389 e. The number of ether oxygens (including phenoxy) is 1. The zero-order valence-corrected chi connectivity index (χ0v) is 23.8. The molecule has 1 saturated carbocycles. The van der Waals surface area contributed by atoms with E-state index in [-0.39, 0.29) is 24.2 Å². The standard InChI is InChI=1S/C30H37F3N2O5S/c31-30(32,33)16-3-4-22-6-8-23(9-7-22)24-10-14-26(15-11-24)41(37,38)29(17-19-35(20-18-29)25-12-13-25)28(36)34-40-27-5-1-2-21-39-27/h6-11,14-15,25,27H,1-5,12-13,16-21H2,(H,34,36). The van der Waals surface area contributed by atoms with Gasteiger partial charge in [0.15, 0.2) is 20.9 Å². The third-order valence-corrected chi connectivity index (χ3v) is 10.9. The first-order valence-corrected chi connectivity index (χ1v) is 15.9. The smallest absolute Gasteiger partial charge is 0.350 e. The molecule has 41 heavy (non-hydrogen) atoms. The molecule has 3 fully saturated rings. The number of rotatable bonds is 10. The zero-order chi connectivity index (χ0) is 29.1. The van der Waals surface area contributed by atoms with Crippen molar-refractivity contribution in [1.29, 1.82) is 0 Å². The van der Waals surface area contributed by atoms with E-state index in [1.807, 2.05) is 12.1 Å². The van der Waals surface area contributed by atoms with Gasteiger partial charge in [-0.1, -0.05) is 36.4 Å². The molecule has 5 rings (SSSR count). The number of hydrogen-bond donors (Lipinski definition) is 1. The number of nitrogens with one attached hydrogen (secondary N) is 1. The molecule has 0 radical (unpaired) electrons. The van der Waals surface area contributed by atoms with Crippen LogP contribution in [-0.4, -0.2) is 62.2 Å². The maximum Gasteiger partial charge on any atom is 0.389 e. The van der Waals surface area contributed by atoms with Crippen LogP contribution >= 0.6 is 0 Å². The fraction of sp³-hybridized carbons (Fsp3) is 0.567. The fourth-order valence-corrected chi connectivity index (χ4v) is 7.68. The van der Waals surface area contributed by atoms with Crippen LogP contribution in [0.15, 0.2) is 53.4 Å². The maximum atomic E-state index is 14.1. The van der Waals surface area contributed by atoms with E-state index in [2.05, 4.69) is 10.4 Å². The van der Waals surface area contributed by atoms with Crippen LogP contribution in [0.1, 0.15) is 63.4 Å². The number of sulfone groups is 1. The second-order valence-corrected chi connectivity index (χ2v) is 13.6. The molecule has 1 unspecified atom stereocenters. The Labute approximate surface area is 239 Å². The lowest BCUT2D eigenvalue weighted by atomic mass is 9.94. The molecular weight excluding hydrogens is 557 g/mol. The van der Waals surface area contributed by atoms with Gasteiger partial charge >= 0.3 is 6.18 Å². The predicted molar refractivity (Wildman–Crippen MR) is 147 cm³/mol. The molecule has 1 aliphatic carbocycles. The summed E-state index contributed by atoms with van der Waals surface area (Å²) in [6.07, 6.45) is -0.200. The van der Waals surface area contributed by atoms with Crippen molar-refractivity contribution in [2.24, 2.45) is 0 Å². The van der Waals surface area contributed by atoms with Crippen molar-refractivity contribution in [3.8, 4) is 11.1 Å². The second-order valence-electron chi connectivity index (χ2n) is 11.3. The molecule has 3 aliphatic rings. The van der Waals surface area contributed by atoms with Gasteiger partial charge in [0.2, 0.25) is 0 Å². The molecule has 7 nitrogen and oxygen atoms in total. The van der Waals surface area contributed by atoms with Gasteiger partial charge in [-0.15, -0.1) is 0 Å². The van der Waals surface area contributed by atoms with Crippen LogP contribution < -0.4 is 5.48 Å². The molecular formula is C30H37F3N2O5S. The van der Waals surface area contributed by atoms with Crippen LogP contribution in [-0.2, 0) is 30.6 Å². The minimum absolute atomic E-state index is 0.0296. The van der Waals surface area contributed by atoms with Gasteiger partial charge in [-0.25, -0.2) is 18.7 Å². The van der Waals surface area contributed by atoms with Gasteiger partial charge in [0.05, 0.1) is 4.90 Å². The number of nitrogens with zero attached hydrogens (tertiary/aromatic N) is 1. The van der Waals surface area contributed by atoms with E-state index in [9.17, 15) is 26.4 Å². The third kappa shape index (κ3) is 7.13. The van der Waals surface area contributed by atoms with E-state index in [1.165, 1.54) is 12.1 Å². The number of carbonyl (C=O) groups excluding carboxylic acids is 1. The minimum atomic E-state index is -4.16. The van der Waals surface area contributed by atoms with Crippen LogP contribution in [0.3, 0.4) is 0 Å². The summed E-state index contributed by atoms with van der Waals surface area (Å²) in [6.45, 7) is 1.57. The first-order valence-electron chi connectivity index (χ1n) is 14.4. The van der Waals surface area contributed by atoms with Crippen LogP contribution in [0.5, 0.6) is 0 Å². The Balaban J connectivity index is 1.30. The highest BCUT2D eigenvalue weighted by Crippen LogP contribution is 2.40. The van der Waals surface area contributed by atoms with Crippen molar-refractivity contribution >= 4 is 15.7 Å². The molecule has 11 heteroatoms. The van der Waals surface area contributed by atoms with E-state index in [4.69, 9.17) is 9.57 Å². The molecule has 2 saturated heterocycles. The average Bonchev–Trinajstić information content (AvgIpc) is 3.82. The summed E-state index contributed by atoms with van der Waals surface area (Å²) in [5.41, 5.74) is 4.84. The third-order valence-electron chi connectivity index (χ3n) is 8.40. The molecule has 0 spiro atoms. The summed E-state index contributed by atoms with van der Waals surface area (Å²) in [4.78, 5) is 21.4. The molecule has 0 bridgehead atoms. The lowest BCUT2D eigenvalue weighted by Gasteiger charge is -2.40.